The molecule has 0 fully saturated rings. The van der Waals surface area contributed by atoms with Crippen LogP contribution in [0.5, 0.6) is 0 Å². The first-order chi connectivity index (χ1) is 11.7. The van der Waals surface area contributed by atoms with E-state index < -0.39 is 9.84 Å². The monoisotopic (exact) mass is 360 g/mol. The maximum Gasteiger partial charge on any atom is 0.251 e. The maximum absolute atomic E-state index is 12.3. The Morgan fingerprint density at radius 1 is 0.960 bits per heavy atom. The van der Waals surface area contributed by atoms with Gasteiger partial charge in [0.05, 0.1) is 10.9 Å². The Kier molecular flexibility index (Phi) is 5.58. The van der Waals surface area contributed by atoms with Crippen molar-refractivity contribution in [3.8, 4) is 0 Å². The summed E-state index contributed by atoms with van der Waals surface area (Å²) in [4.78, 5) is 23.5. The fourth-order valence-corrected chi connectivity index (χ4v) is 2.91. The van der Waals surface area contributed by atoms with Crippen LogP contribution in [0, 0.1) is 0 Å². The van der Waals surface area contributed by atoms with Gasteiger partial charge in [0.15, 0.2) is 9.84 Å². The average molecular weight is 360 g/mol. The third-order valence-electron chi connectivity index (χ3n) is 3.62. The van der Waals surface area contributed by atoms with Crippen LogP contribution < -0.4 is 10.6 Å². The molecule has 0 aliphatic carbocycles. The summed E-state index contributed by atoms with van der Waals surface area (Å²) in [7, 11) is -3.24. The number of amides is 2. The quantitative estimate of drug-likeness (QED) is 0.857. The second-order valence-electron chi connectivity index (χ2n) is 5.79. The summed E-state index contributed by atoms with van der Waals surface area (Å²) in [5, 5.41) is 5.49. The van der Waals surface area contributed by atoms with E-state index in [1.807, 2.05) is 6.92 Å². The van der Waals surface area contributed by atoms with Crippen molar-refractivity contribution in [1.82, 2.24) is 5.32 Å². The molecule has 0 aliphatic heterocycles. The largest absolute Gasteiger partial charge is 0.346 e. The van der Waals surface area contributed by atoms with E-state index in [9.17, 15) is 18.0 Å². The zero-order valence-corrected chi connectivity index (χ0v) is 15.1. The van der Waals surface area contributed by atoms with Gasteiger partial charge in [-0.25, -0.2) is 8.42 Å². The molecule has 0 aliphatic rings. The zero-order chi connectivity index (χ0) is 18.6. The highest BCUT2D eigenvalue weighted by Crippen LogP contribution is 2.17. The van der Waals surface area contributed by atoms with Crippen LogP contribution in [0.3, 0.4) is 0 Å². The lowest BCUT2D eigenvalue weighted by atomic mass is 10.1. The van der Waals surface area contributed by atoms with Crippen molar-refractivity contribution >= 4 is 27.3 Å². The lowest BCUT2D eigenvalue weighted by Crippen LogP contribution is -2.26. The van der Waals surface area contributed by atoms with E-state index in [0.29, 0.717) is 11.3 Å². The molecule has 6 nitrogen and oxygen atoms in total. The number of hydrogen-bond acceptors (Lipinski definition) is 4. The average Bonchev–Trinajstić information content (AvgIpc) is 2.54. The Bertz CT molecular complexity index is 872. The Balaban J connectivity index is 2.05. The van der Waals surface area contributed by atoms with E-state index >= 15 is 0 Å². The number of sulfone groups is 1. The highest BCUT2D eigenvalue weighted by Gasteiger charge is 2.13. The number of nitrogens with one attached hydrogen (secondary N) is 2. The standard InChI is InChI=1S/C18H20N2O4S/c1-12(14-6-10-17(11-7-14)25(3,23)24)19-18(22)15-4-8-16(9-5-15)20-13(2)21/h4-12H,1-3H3,(H,19,22)(H,20,21). The van der Waals surface area contributed by atoms with Gasteiger partial charge in [-0.15, -0.1) is 0 Å². The molecule has 1 unspecified atom stereocenters. The fraction of sp³-hybridized carbons (Fsp3) is 0.222. The van der Waals surface area contributed by atoms with Gasteiger partial charge in [0.2, 0.25) is 5.91 Å². The van der Waals surface area contributed by atoms with Crippen LogP contribution in [0.25, 0.3) is 0 Å². The van der Waals surface area contributed by atoms with E-state index in [-0.39, 0.29) is 22.8 Å². The van der Waals surface area contributed by atoms with Crippen molar-refractivity contribution in [1.29, 1.82) is 0 Å². The fourth-order valence-electron chi connectivity index (χ4n) is 2.28. The minimum absolute atomic E-state index is 0.177. The van der Waals surface area contributed by atoms with Crippen molar-refractivity contribution in [2.45, 2.75) is 24.8 Å². The lowest BCUT2D eigenvalue weighted by molar-refractivity contribution is -0.114. The molecular weight excluding hydrogens is 340 g/mol. The minimum Gasteiger partial charge on any atom is -0.346 e. The Morgan fingerprint density at radius 2 is 1.52 bits per heavy atom. The highest BCUT2D eigenvalue weighted by molar-refractivity contribution is 7.90. The van der Waals surface area contributed by atoms with Crippen molar-refractivity contribution in [3.63, 3.8) is 0 Å². The van der Waals surface area contributed by atoms with Crippen molar-refractivity contribution in [2.24, 2.45) is 0 Å². The van der Waals surface area contributed by atoms with Crippen molar-refractivity contribution in [2.75, 3.05) is 11.6 Å². The molecule has 0 bridgehead atoms. The summed E-state index contributed by atoms with van der Waals surface area (Å²) in [6, 6.07) is 12.7. The maximum atomic E-state index is 12.3. The first-order valence-corrected chi connectivity index (χ1v) is 9.54. The Morgan fingerprint density at radius 3 is 2.00 bits per heavy atom. The number of hydrogen-bond donors (Lipinski definition) is 2. The van der Waals surface area contributed by atoms with Gasteiger partial charge in [0.25, 0.3) is 5.91 Å². The molecule has 2 N–H and O–H groups in total. The van der Waals surface area contributed by atoms with Gasteiger partial charge < -0.3 is 10.6 Å². The van der Waals surface area contributed by atoms with Crippen LogP contribution in [0.2, 0.25) is 0 Å². The van der Waals surface area contributed by atoms with Crippen molar-refractivity contribution < 1.29 is 18.0 Å². The zero-order valence-electron chi connectivity index (χ0n) is 14.2. The van der Waals surface area contributed by atoms with Crippen LogP contribution in [-0.2, 0) is 14.6 Å². The van der Waals surface area contributed by atoms with Gasteiger partial charge in [-0.05, 0) is 48.9 Å². The molecule has 0 saturated carbocycles. The predicted octanol–water partition coefficient (Wildman–Crippen LogP) is 2.54. The van der Waals surface area contributed by atoms with E-state index in [2.05, 4.69) is 10.6 Å². The first-order valence-electron chi connectivity index (χ1n) is 7.65. The number of carbonyl (C=O) groups is 2. The first kappa shape index (κ1) is 18.7. The minimum atomic E-state index is -3.24. The molecule has 2 amide bonds. The summed E-state index contributed by atoms with van der Waals surface area (Å²) in [5.74, 6) is -0.433. The molecular formula is C18H20N2O4S. The lowest BCUT2D eigenvalue weighted by Gasteiger charge is -2.15. The van der Waals surface area contributed by atoms with Crippen LogP contribution >= 0.6 is 0 Å². The number of anilines is 1. The van der Waals surface area contributed by atoms with E-state index in [1.165, 1.54) is 19.1 Å². The molecule has 132 valence electrons. The number of rotatable bonds is 5. The molecule has 2 aromatic carbocycles. The molecule has 0 saturated heterocycles. The van der Waals surface area contributed by atoms with Crippen LogP contribution in [-0.4, -0.2) is 26.5 Å². The van der Waals surface area contributed by atoms with Gasteiger partial charge in [0.1, 0.15) is 0 Å². The van der Waals surface area contributed by atoms with Gasteiger partial charge in [-0.2, -0.15) is 0 Å². The summed E-state index contributed by atoms with van der Waals surface area (Å²) >= 11 is 0. The molecule has 2 rings (SSSR count). The van der Waals surface area contributed by atoms with Crippen LogP contribution in [0.1, 0.15) is 35.8 Å². The molecule has 7 heteroatoms. The smallest absolute Gasteiger partial charge is 0.251 e. The molecule has 0 aromatic heterocycles. The van der Waals surface area contributed by atoms with Gasteiger partial charge in [-0.1, -0.05) is 12.1 Å². The summed E-state index contributed by atoms with van der Waals surface area (Å²) < 4.78 is 23.0. The molecule has 25 heavy (non-hydrogen) atoms. The normalized spacial score (nSPS) is 12.3. The molecule has 0 spiro atoms. The van der Waals surface area contributed by atoms with Crippen LogP contribution in [0.15, 0.2) is 53.4 Å². The van der Waals surface area contributed by atoms with Gasteiger partial charge >= 0.3 is 0 Å². The van der Waals surface area contributed by atoms with Crippen molar-refractivity contribution in [3.05, 3.63) is 59.7 Å². The Labute approximate surface area is 147 Å². The van der Waals surface area contributed by atoms with E-state index in [1.54, 1.807) is 36.4 Å². The summed E-state index contributed by atoms with van der Waals surface area (Å²) in [5.41, 5.74) is 1.89. The highest BCUT2D eigenvalue weighted by atomic mass is 32.2. The molecule has 1 atom stereocenters. The molecule has 2 aromatic rings. The van der Waals surface area contributed by atoms with E-state index in [0.717, 1.165) is 11.8 Å². The predicted molar refractivity (Wildman–Crippen MR) is 96.2 cm³/mol. The Hall–Kier alpha value is -2.67. The molecule has 0 heterocycles. The summed E-state index contributed by atoms with van der Waals surface area (Å²) in [6.07, 6.45) is 1.15. The number of carbonyl (C=O) groups excluding carboxylic acids is 2. The topological polar surface area (TPSA) is 92.3 Å². The second-order valence-corrected chi connectivity index (χ2v) is 7.81. The SMILES string of the molecule is CC(=O)Nc1ccc(C(=O)NC(C)c2ccc(S(C)(=O)=O)cc2)cc1. The van der Waals surface area contributed by atoms with E-state index in [4.69, 9.17) is 0 Å². The molecule has 0 radical (unpaired) electrons. The van der Waals surface area contributed by atoms with Gasteiger partial charge in [-0.3, -0.25) is 9.59 Å². The second kappa shape index (κ2) is 7.48. The van der Waals surface area contributed by atoms with Gasteiger partial charge in [0, 0.05) is 24.4 Å². The number of benzene rings is 2. The van der Waals surface area contributed by atoms with Crippen LogP contribution in [0.4, 0.5) is 5.69 Å². The summed E-state index contributed by atoms with van der Waals surface area (Å²) in [6.45, 7) is 3.23. The third kappa shape index (κ3) is 5.15. The third-order valence-corrected chi connectivity index (χ3v) is 4.75.